The Balaban J connectivity index is 0.000000952. The number of aliphatic hydroxyl groups excluding tert-OH is 1. The number of rotatable bonds is 3. The summed E-state index contributed by atoms with van der Waals surface area (Å²) in [5.41, 5.74) is 0.166. The van der Waals surface area contributed by atoms with Gasteiger partial charge in [-0.1, -0.05) is 25.4 Å². The second-order valence-corrected chi connectivity index (χ2v) is 5.33. The summed E-state index contributed by atoms with van der Waals surface area (Å²) in [6.07, 6.45) is 0.611. The van der Waals surface area contributed by atoms with Gasteiger partial charge in [0.15, 0.2) is 12.1 Å². The number of methoxy groups -OCH3 is 1. The molecule has 1 aliphatic rings. The fourth-order valence-corrected chi connectivity index (χ4v) is 2.46. The summed E-state index contributed by atoms with van der Waals surface area (Å²) in [5.74, 6) is 0.947. The third kappa shape index (κ3) is 5.98. The summed E-state index contributed by atoms with van der Waals surface area (Å²) in [6.45, 7) is 8.51. The number of aryl methyl sites for hydroxylation is 1. The minimum atomic E-state index is -0.227. The van der Waals surface area contributed by atoms with Crippen LogP contribution in [0.2, 0.25) is 5.02 Å². The zero-order valence-electron chi connectivity index (χ0n) is 15.2. The average molecular weight is 362 g/mol. The van der Waals surface area contributed by atoms with E-state index in [-0.39, 0.29) is 29.4 Å². The van der Waals surface area contributed by atoms with Gasteiger partial charge in [0, 0.05) is 14.2 Å². The van der Waals surface area contributed by atoms with Crippen LogP contribution in [0.15, 0.2) is 0 Å². The minimum absolute atomic E-state index is 0.0113. The second kappa shape index (κ2) is 12.1. The predicted molar refractivity (Wildman–Crippen MR) is 95.1 cm³/mol. The lowest BCUT2D eigenvalue weighted by Crippen LogP contribution is -2.53. The molecular formula is C16H28ClN3O4. The number of anilines is 1. The van der Waals surface area contributed by atoms with Crippen LogP contribution in [0.1, 0.15) is 37.1 Å². The molecule has 24 heavy (non-hydrogen) atoms. The first-order valence-corrected chi connectivity index (χ1v) is 8.24. The summed E-state index contributed by atoms with van der Waals surface area (Å²) in [4.78, 5) is 21.2. The summed E-state index contributed by atoms with van der Waals surface area (Å²) < 4.78 is 9.66. The minimum Gasteiger partial charge on any atom is -0.394 e. The Morgan fingerprint density at radius 3 is 2.46 bits per heavy atom. The number of ether oxygens (including phenoxy) is 2. The van der Waals surface area contributed by atoms with Crippen LogP contribution in [0.3, 0.4) is 0 Å². The van der Waals surface area contributed by atoms with E-state index in [1.807, 2.05) is 25.7 Å². The number of halogens is 1. The van der Waals surface area contributed by atoms with Crippen molar-refractivity contribution in [3.63, 3.8) is 0 Å². The van der Waals surface area contributed by atoms with Gasteiger partial charge in [-0.15, -0.1) is 0 Å². The smallest absolute Gasteiger partial charge is 0.170 e. The molecule has 0 aliphatic carbocycles. The molecule has 2 unspecified atom stereocenters. The monoisotopic (exact) mass is 361 g/mol. The number of aliphatic hydroxyl groups is 1. The summed E-state index contributed by atoms with van der Waals surface area (Å²) in [6, 6.07) is -0.216. The van der Waals surface area contributed by atoms with Gasteiger partial charge in [0.2, 0.25) is 0 Å². The highest BCUT2D eigenvalue weighted by molar-refractivity contribution is 6.35. The van der Waals surface area contributed by atoms with Gasteiger partial charge >= 0.3 is 0 Å². The topological polar surface area (TPSA) is 84.8 Å². The zero-order valence-corrected chi connectivity index (χ0v) is 16.0. The first-order valence-electron chi connectivity index (χ1n) is 7.86. The lowest BCUT2D eigenvalue weighted by molar-refractivity contribution is 0.0517. The van der Waals surface area contributed by atoms with Crippen LogP contribution >= 0.6 is 11.6 Å². The number of aromatic nitrogens is 2. The molecule has 0 bridgehead atoms. The molecule has 2 heterocycles. The van der Waals surface area contributed by atoms with Crippen molar-refractivity contribution in [2.45, 2.75) is 39.8 Å². The second-order valence-electron chi connectivity index (χ2n) is 4.95. The molecule has 1 aliphatic heterocycles. The first-order chi connectivity index (χ1) is 11.5. The molecule has 138 valence electrons. The summed E-state index contributed by atoms with van der Waals surface area (Å²) in [5, 5.41) is 9.67. The lowest BCUT2D eigenvalue weighted by atomic mass is 10.1. The van der Waals surface area contributed by atoms with Gasteiger partial charge in [-0.3, -0.25) is 4.79 Å². The molecule has 0 aromatic carbocycles. The molecule has 1 N–H and O–H groups in total. The number of hydrogen-bond donors (Lipinski definition) is 1. The number of nitrogens with zero attached hydrogens (tertiary/aromatic N) is 3. The molecule has 0 saturated carbocycles. The molecule has 2 atom stereocenters. The van der Waals surface area contributed by atoms with Gasteiger partial charge in [0.1, 0.15) is 16.5 Å². The van der Waals surface area contributed by atoms with Crippen LogP contribution in [0.5, 0.6) is 0 Å². The maximum atomic E-state index is 11.0. The van der Waals surface area contributed by atoms with Gasteiger partial charge < -0.3 is 19.5 Å². The molecule has 8 heteroatoms. The Labute approximate surface area is 149 Å². The van der Waals surface area contributed by atoms with Crippen molar-refractivity contribution < 1.29 is 19.4 Å². The first kappa shape index (κ1) is 22.7. The highest BCUT2D eigenvalue weighted by atomic mass is 35.5. The number of aldehydes is 1. The quantitative estimate of drug-likeness (QED) is 0.825. The Kier molecular flexibility index (Phi) is 11.5. The Morgan fingerprint density at radius 1 is 1.38 bits per heavy atom. The van der Waals surface area contributed by atoms with Crippen molar-refractivity contribution in [2.24, 2.45) is 0 Å². The highest BCUT2D eigenvalue weighted by Gasteiger charge is 2.31. The summed E-state index contributed by atoms with van der Waals surface area (Å²) >= 11 is 6.18. The molecule has 0 spiro atoms. The van der Waals surface area contributed by atoms with E-state index in [9.17, 15) is 9.90 Å². The largest absolute Gasteiger partial charge is 0.394 e. The molecule has 0 amide bonds. The van der Waals surface area contributed by atoms with Crippen LogP contribution < -0.4 is 4.90 Å². The standard InChI is InChI=1S/C12H16ClN3O3.C2H6O.C2H6/c1-7-5-19-6-9(3-17)16(7)12-11(13)10(4-18)14-8(2)15-12;1-3-2;1-2/h4,7,9,17H,3,5-6H2,1-2H3;1-2H3;1-2H3. The van der Waals surface area contributed by atoms with Gasteiger partial charge in [0.25, 0.3) is 0 Å². The normalized spacial score (nSPS) is 19.6. The van der Waals surface area contributed by atoms with E-state index in [4.69, 9.17) is 16.3 Å². The fraction of sp³-hybridized carbons (Fsp3) is 0.688. The SMILES string of the molecule is CC.COC.Cc1nc(C=O)c(Cl)c(N2C(C)COCC2CO)n1. The van der Waals surface area contributed by atoms with Crippen LogP contribution in [0, 0.1) is 6.92 Å². The van der Waals surface area contributed by atoms with Crippen LogP contribution in [-0.4, -0.2) is 67.5 Å². The van der Waals surface area contributed by atoms with E-state index in [1.165, 1.54) is 0 Å². The van der Waals surface area contributed by atoms with Crippen molar-refractivity contribution >= 4 is 23.7 Å². The highest BCUT2D eigenvalue weighted by Crippen LogP contribution is 2.30. The molecular weight excluding hydrogens is 334 g/mol. The predicted octanol–water partition coefficient (Wildman–Crippen LogP) is 2.13. The number of hydrogen-bond acceptors (Lipinski definition) is 7. The van der Waals surface area contributed by atoms with Crippen LogP contribution in [0.4, 0.5) is 5.82 Å². The fourth-order valence-electron chi connectivity index (χ4n) is 2.23. The van der Waals surface area contributed by atoms with Crippen LogP contribution in [-0.2, 0) is 9.47 Å². The lowest BCUT2D eigenvalue weighted by Gasteiger charge is -2.40. The van der Waals surface area contributed by atoms with E-state index in [0.29, 0.717) is 31.1 Å². The molecule has 1 aromatic rings. The van der Waals surface area contributed by atoms with Gasteiger partial charge in [0.05, 0.1) is 31.9 Å². The van der Waals surface area contributed by atoms with E-state index < -0.39 is 0 Å². The summed E-state index contributed by atoms with van der Waals surface area (Å²) in [7, 11) is 3.25. The molecule has 2 rings (SSSR count). The number of carbonyl (C=O) groups excluding carboxylic acids is 1. The van der Waals surface area contributed by atoms with Crippen molar-refractivity contribution in [1.82, 2.24) is 9.97 Å². The zero-order chi connectivity index (χ0) is 18.7. The van der Waals surface area contributed by atoms with Crippen molar-refractivity contribution in [1.29, 1.82) is 0 Å². The van der Waals surface area contributed by atoms with E-state index in [2.05, 4.69) is 14.7 Å². The molecule has 1 fully saturated rings. The van der Waals surface area contributed by atoms with E-state index >= 15 is 0 Å². The van der Waals surface area contributed by atoms with Crippen molar-refractivity contribution in [3.05, 3.63) is 16.5 Å². The van der Waals surface area contributed by atoms with Gasteiger partial charge in [-0.2, -0.15) is 0 Å². The van der Waals surface area contributed by atoms with Crippen molar-refractivity contribution in [3.8, 4) is 0 Å². The molecule has 1 aromatic heterocycles. The van der Waals surface area contributed by atoms with Gasteiger partial charge in [-0.25, -0.2) is 9.97 Å². The van der Waals surface area contributed by atoms with E-state index in [1.54, 1.807) is 21.1 Å². The number of carbonyl (C=O) groups is 1. The Bertz CT molecular complexity index is 502. The third-order valence-electron chi connectivity index (χ3n) is 3.08. The van der Waals surface area contributed by atoms with Crippen LogP contribution in [0.25, 0.3) is 0 Å². The molecule has 1 saturated heterocycles. The Hall–Kier alpha value is -1.28. The third-order valence-corrected chi connectivity index (χ3v) is 3.44. The molecule has 7 nitrogen and oxygen atoms in total. The van der Waals surface area contributed by atoms with Gasteiger partial charge in [-0.05, 0) is 13.8 Å². The Morgan fingerprint density at radius 2 is 1.96 bits per heavy atom. The number of morpholine rings is 1. The molecule has 0 radical (unpaired) electrons. The van der Waals surface area contributed by atoms with Crippen molar-refractivity contribution in [2.75, 3.05) is 38.9 Å². The van der Waals surface area contributed by atoms with E-state index in [0.717, 1.165) is 0 Å². The average Bonchev–Trinajstić information content (AvgIpc) is 2.59. The maximum Gasteiger partial charge on any atom is 0.170 e. The maximum absolute atomic E-state index is 11.0.